The van der Waals surface area contributed by atoms with Crippen molar-refractivity contribution < 1.29 is 0 Å². The van der Waals surface area contributed by atoms with Gasteiger partial charge in [0, 0.05) is 38.7 Å². The molecule has 2 heterocycles. The van der Waals surface area contributed by atoms with Crippen molar-refractivity contribution in [3.8, 4) is 0 Å². The number of rotatable bonds is 5. The zero-order valence-corrected chi connectivity index (χ0v) is 10.7. The van der Waals surface area contributed by atoms with Crippen molar-refractivity contribution in [3.63, 3.8) is 0 Å². The number of nitrogens with zero attached hydrogens (tertiary/aromatic N) is 3. The maximum absolute atomic E-state index is 5.69. The summed E-state index contributed by atoms with van der Waals surface area (Å²) >= 11 is 0. The van der Waals surface area contributed by atoms with Crippen LogP contribution < -0.4 is 11.1 Å². The Morgan fingerprint density at radius 2 is 2.50 bits per heavy atom. The van der Waals surface area contributed by atoms with Gasteiger partial charge in [0.1, 0.15) is 5.82 Å². The van der Waals surface area contributed by atoms with Gasteiger partial charge in [-0.3, -0.25) is 4.99 Å². The van der Waals surface area contributed by atoms with Gasteiger partial charge in [-0.1, -0.05) is 6.08 Å². The number of nitrogens with one attached hydrogen (secondary N) is 1. The summed E-state index contributed by atoms with van der Waals surface area (Å²) < 4.78 is 2.27. The lowest BCUT2D eigenvalue weighted by Gasteiger charge is -2.11. The molecule has 1 aliphatic heterocycles. The number of guanidine groups is 1. The Balaban J connectivity index is 1.83. The molecule has 98 valence electrons. The number of aliphatic imine (C=N–C) groups is 1. The molecule has 1 aromatic heterocycles. The number of hydrogen-bond donors (Lipinski definition) is 2. The topological polar surface area (TPSA) is 68.2 Å². The second kappa shape index (κ2) is 6.23. The van der Waals surface area contributed by atoms with E-state index in [1.165, 1.54) is 18.7 Å². The summed E-state index contributed by atoms with van der Waals surface area (Å²) in [7, 11) is 0. The molecule has 5 heteroatoms. The first-order chi connectivity index (χ1) is 8.79. The zero-order chi connectivity index (χ0) is 12.8. The quantitative estimate of drug-likeness (QED) is 0.460. The van der Waals surface area contributed by atoms with Crippen molar-refractivity contribution in [2.45, 2.75) is 32.2 Å². The maximum Gasteiger partial charge on any atom is 0.188 e. The van der Waals surface area contributed by atoms with Crippen LogP contribution in [0.15, 0.2) is 23.8 Å². The van der Waals surface area contributed by atoms with Crippen LogP contribution in [0.3, 0.4) is 0 Å². The fraction of sp³-hybridized carbons (Fsp3) is 0.538. The van der Waals surface area contributed by atoms with E-state index in [1.54, 1.807) is 6.08 Å². The molecule has 0 aromatic carbocycles. The van der Waals surface area contributed by atoms with Gasteiger partial charge < -0.3 is 15.6 Å². The SMILES string of the molecule is C=CCNC(N)=NCCc1cn2c(n1)CCCC2. The second-order valence-electron chi connectivity index (χ2n) is 4.49. The Morgan fingerprint density at radius 3 is 3.28 bits per heavy atom. The van der Waals surface area contributed by atoms with Crippen molar-refractivity contribution in [2.75, 3.05) is 13.1 Å². The Hall–Kier alpha value is -1.78. The molecule has 0 spiro atoms. The molecule has 0 unspecified atom stereocenters. The molecule has 0 radical (unpaired) electrons. The molecular formula is C13H21N5. The van der Waals surface area contributed by atoms with Crippen molar-refractivity contribution >= 4 is 5.96 Å². The summed E-state index contributed by atoms with van der Waals surface area (Å²) in [5.41, 5.74) is 6.80. The highest BCUT2D eigenvalue weighted by molar-refractivity contribution is 5.77. The highest BCUT2D eigenvalue weighted by Crippen LogP contribution is 2.14. The molecule has 2 rings (SSSR count). The molecule has 18 heavy (non-hydrogen) atoms. The van der Waals surface area contributed by atoms with Gasteiger partial charge in [0.15, 0.2) is 5.96 Å². The number of aromatic nitrogens is 2. The minimum absolute atomic E-state index is 0.471. The highest BCUT2D eigenvalue weighted by atomic mass is 15.1. The van der Waals surface area contributed by atoms with Gasteiger partial charge in [-0.2, -0.15) is 0 Å². The van der Waals surface area contributed by atoms with E-state index >= 15 is 0 Å². The Bertz CT molecular complexity index is 409. The summed E-state index contributed by atoms with van der Waals surface area (Å²) in [6.45, 7) is 6.04. The lowest BCUT2D eigenvalue weighted by Crippen LogP contribution is -2.31. The fourth-order valence-electron chi connectivity index (χ4n) is 2.12. The molecule has 1 aromatic rings. The lowest BCUT2D eigenvalue weighted by atomic mass is 10.2. The molecule has 0 fully saturated rings. The predicted molar refractivity (Wildman–Crippen MR) is 73.6 cm³/mol. The van der Waals surface area contributed by atoms with E-state index in [1.807, 2.05) is 0 Å². The number of fused-ring (bicyclic) bond motifs is 1. The first-order valence-corrected chi connectivity index (χ1v) is 6.49. The lowest BCUT2D eigenvalue weighted by molar-refractivity contribution is 0.522. The van der Waals surface area contributed by atoms with Gasteiger partial charge in [-0.05, 0) is 12.8 Å². The van der Waals surface area contributed by atoms with E-state index in [2.05, 4.69) is 32.6 Å². The van der Waals surface area contributed by atoms with Crippen LogP contribution in [0.5, 0.6) is 0 Å². The third-order valence-corrected chi connectivity index (χ3v) is 3.04. The van der Waals surface area contributed by atoms with E-state index in [0.29, 0.717) is 19.0 Å². The molecule has 0 bridgehead atoms. The molecule has 3 N–H and O–H groups in total. The van der Waals surface area contributed by atoms with Gasteiger partial charge in [0.2, 0.25) is 0 Å². The van der Waals surface area contributed by atoms with Crippen LogP contribution in [0.25, 0.3) is 0 Å². The standard InChI is InChI=1S/C13H21N5/c1-2-7-15-13(14)16-8-6-11-10-18-9-4-3-5-12(18)17-11/h2,10H,1,3-9H2,(H3,14,15,16). The molecule has 0 aliphatic carbocycles. The summed E-state index contributed by atoms with van der Waals surface area (Å²) in [6, 6.07) is 0. The molecule has 1 aliphatic rings. The first kappa shape index (κ1) is 12.7. The van der Waals surface area contributed by atoms with Crippen molar-refractivity contribution in [1.29, 1.82) is 0 Å². The molecule has 0 atom stereocenters. The summed E-state index contributed by atoms with van der Waals surface area (Å²) in [6.07, 6.45) is 8.37. The molecule has 5 nitrogen and oxygen atoms in total. The smallest absolute Gasteiger partial charge is 0.188 e. The minimum atomic E-state index is 0.471. The predicted octanol–water partition coefficient (Wildman–Crippen LogP) is 0.852. The van der Waals surface area contributed by atoms with Crippen LogP contribution in [0.1, 0.15) is 24.4 Å². The van der Waals surface area contributed by atoms with Crippen LogP contribution in [-0.4, -0.2) is 28.6 Å². The molecule has 0 saturated carbocycles. The average Bonchev–Trinajstić information content (AvgIpc) is 2.79. The second-order valence-corrected chi connectivity index (χ2v) is 4.49. The van der Waals surface area contributed by atoms with Crippen LogP contribution in [-0.2, 0) is 19.4 Å². The molecule has 0 saturated heterocycles. The zero-order valence-electron chi connectivity index (χ0n) is 10.7. The Kier molecular flexibility index (Phi) is 4.39. The number of imidazole rings is 1. The summed E-state index contributed by atoms with van der Waals surface area (Å²) in [5.74, 6) is 1.69. The van der Waals surface area contributed by atoms with E-state index in [0.717, 1.165) is 25.1 Å². The van der Waals surface area contributed by atoms with Crippen LogP contribution >= 0.6 is 0 Å². The van der Waals surface area contributed by atoms with Crippen LogP contribution in [0, 0.1) is 0 Å². The number of nitrogens with two attached hydrogens (primary N) is 1. The van der Waals surface area contributed by atoms with Gasteiger partial charge in [0.25, 0.3) is 0 Å². The van der Waals surface area contributed by atoms with Crippen LogP contribution in [0.2, 0.25) is 0 Å². The first-order valence-electron chi connectivity index (χ1n) is 6.49. The monoisotopic (exact) mass is 247 g/mol. The fourth-order valence-corrected chi connectivity index (χ4v) is 2.12. The third kappa shape index (κ3) is 3.35. The van der Waals surface area contributed by atoms with Gasteiger partial charge in [-0.25, -0.2) is 4.98 Å². The summed E-state index contributed by atoms with van der Waals surface area (Å²) in [4.78, 5) is 8.88. The van der Waals surface area contributed by atoms with Gasteiger partial charge in [0.05, 0.1) is 5.69 Å². The Labute approximate surface area is 108 Å². The normalized spacial score (nSPS) is 15.2. The van der Waals surface area contributed by atoms with Crippen LogP contribution in [0.4, 0.5) is 0 Å². The van der Waals surface area contributed by atoms with E-state index in [4.69, 9.17) is 5.73 Å². The van der Waals surface area contributed by atoms with Gasteiger partial charge in [-0.15, -0.1) is 6.58 Å². The average molecular weight is 247 g/mol. The maximum atomic E-state index is 5.69. The van der Waals surface area contributed by atoms with Crippen molar-refractivity contribution in [1.82, 2.24) is 14.9 Å². The Morgan fingerprint density at radius 1 is 1.61 bits per heavy atom. The van der Waals surface area contributed by atoms with E-state index in [9.17, 15) is 0 Å². The molecule has 0 amide bonds. The van der Waals surface area contributed by atoms with Gasteiger partial charge >= 0.3 is 0 Å². The highest BCUT2D eigenvalue weighted by Gasteiger charge is 2.11. The molecular weight excluding hydrogens is 226 g/mol. The van der Waals surface area contributed by atoms with Crippen molar-refractivity contribution in [3.05, 3.63) is 30.4 Å². The summed E-state index contributed by atoms with van der Waals surface area (Å²) in [5, 5.41) is 2.95. The van der Waals surface area contributed by atoms with E-state index < -0.39 is 0 Å². The number of hydrogen-bond acceptors (Lipinski definition) is 2. The minimum Gasteiger partial charge on any atom is -0.370 e. The van der Waals surface area contributed by atoms with E-state index in [-0.39, 0.29) is 0 Å². The number of aryl methyl sites for hydroxylation is 2. The largest absolute Gasteiger partial charge is 0.370 e. The third-order valence-electron chi connectivity index (χ3n) is 3.04. The van der Waals surface area contributed by atoms with Crippen molar-refractivity contribution in [2.24, 2.45) is 10.7 Å².